The van der Waals surface area contributed by atoms with Crippen LogP contribution < -0.4 is 5.32 Å². The molecule has 108 valence electrons. The lowest BCUT2D eigenvalue weighted by Crippen LogP contribution is -2.33. The summed E-state index contributed by atoms with van der Waals surface area (Å²) in [5.41, 5.74) is 0.967. The van der Waals surface area contributed by atoms with Crippen LogP contribution in [0.4, 0.5) is 0 Å². The maximum absolute atomic E-state index is 11.9. The third-order valence-electron chi connectivity index (χ3n) is 3.51. The molecule has 1 saturated heterocycles. The van der Waals surface area contributed by atoms with E-state index in [-0.39, 0.29) is 23.9 Å². The van der Waals surface area contributed by atoms with E-state index in [1.54, 1.807) is 6.92 Å². The molecule has 1 aliphatic heterocycles. The molecule has 1 heterocycles. The van der Waals surface area contributed by atoms with Gasteiger partial charge in [0.25, 0.3) is 0 Å². The Kier molecular flexibility index (Phi) is 4.74. The van der Waals surface area contributed by atoms with Crippen LogP contribution in [0.2, 0.25) is 0 Å². The van der Waals surface area contributed by atoms with Crippen LogP contribution in [-0.4, -0.2) is 31.7 Å². The monoisotopic (exact) mass is 277 g/mol. The van der Waals surface area contributed by atoms with Crippen LogP contribution in [0.3, 0.4) is 0 Å². The highest BCUT2D eigenvalue weighted by molar-refractivity contribution is 5.80. The van der Waals surface area contributed by atoms with Gasteiger partial charge < -0.3 is 9.47 Å². The third-order valence-corrected chi connectivity index (χ3v) is 3.51. The zero-order valence-electron chi connectivity index (χ0n) is 11.7. The average Bonchev–Trinajstić information content (AvgIpc) is 2.93. The van der Waals surface area contributed by atoms with E-state index in [9.17, 15) is 9.59 Å². The minimum Gasteiger partial charge on any atom is -0.469 e. The lowest BCUT2D eigenvalue weighted by molar-refractivity contribution is -0.146. The summed E-state index contributed by atoms with van der Waals surface area (Å²) < 4.78 is 9.86. The Balaban J connectivity index is 2.19. The van der Waals surface area contributed by atoms with Gasteiger partial charge >= 0.3 is 11.9 Å². The lowest BCUT2D eigenvalue weighted by atomic mass is 9.93. The van der Waals surface area contributed by atoms with Crippen LogP contribution in [0.5, 0.6) is 0 Å². The number of methoxy groups -OCH3 is 1. The Morgan fingerprint density at radius 1 is 1.25 bits per heavy atom. The second-order valence-electron chi connectivity index (χ2n) is 4.73. The Morgan fingerprint density at radius 2 is 1.95 bits per heavy atom. The van der Waals surface area contributed by atoms with Gasteiger partial charge in [-0.15, -0.1) is 0 Å². The Labute approximate surface area is 118 Å². The quantitative estimate of drug-likeness (QED) is 0.844. The maximum atomic E-state index is 11.9. The molecule has 0 saturated carbocycles. The molecule has 1 N–H and O–H groups in total. The third kappa shape index (κ3) is 2.99. The van der Waals surface area contributed by atoms with Gasteiger partial charge in [0, 0.05) is 6.04 Å². The van der Waals surface area contributed by atoms with Crippen LogP contribution in [0, 0.1) is 5.92 Å². The first-order valence-electron chi connectivity index (χ1n) is 6.72. The van der Waals surface area contributed by atoms with E-state index in [2.05, 4.69) is 5.32 Å². The van der Waals surface area contributed by atoms with E-state index in [0.717, 1.165) is 5.56 Å². The number of hydrogen-bond acceptors (Lipinski definition) is 5. The largest absolute Gasteiger partial charge is 0.469 e. The number of esters is 2. The van der Waals surface area contributed by atoms with Crippen molar-refractivity contribution in [2.75, 3.05) is 13.7 Å². The molecule has 0 aromatic heterocycles. The molecule has 0 bridgehead atoms. The van der Waals surface area contributed by atoms with Crippen LogP contribution in [0.1, 0.15) is 24.9 Å². The summed E-state index contributed by atoms with van der Waals surface area (Å²) in [4.78, 5) is 23.8. The molecule has 5 heteroatoms. The summed E-state index contributed by atoms with van der Waals surface area (Å²) in [5, 5.41) is 3.18. The fourth-order valence-corrected chi connectivity index (χ4v) is 2.57. The van der Waals surface area contributed by atoms with E-state index in [4.69, 9.17) is 9.47 Å². The van der Waals surface area contributed by atoms with E-state index >= 15 is 0 Å². The zero-order chi connectivity index (χ0) is 14.5. The minimum absolute atomic E-state index is 0.224. The number of hydrogen-bond donors (Lipinski definition) is 1. The molecule has 2 rings (SSSR count). The smallest absolute Gasteiger partial charge is 0.323 e. The molecule has 1 aromatic rings. The van der Waals surface area contributed by atoms with Gasteiger partial charge in [-0.25, -0.2) is 0 Å². The van der Waals surface area contributed by atoms with E-state index < -0.39 is 6.04 Å². The van der Waals surface area contributed by atoms with Gasteiger partial charge in [-0.1, -0.05) is 30.3 Å². The first-order valence-corrected chi connectivity index (χ1v) is 6.72. The number of carbonyl (C=O) groups excluding carboxylic acids is 2. The van der Waals surface area contributed by atoms with Crippen molar-refractivity contribution in [3.05, 3.63) is 35.9 Å². The van der Waals surface area contributed by atoms with Gasteiger partial charge in [-0.3, -0.25) is 14.9 Å². The summed E-state index contributed by atoms with van der Waals surface area (Å²) in [6.45, 7) is 2.09. The number of benzene rings is 1. The SMILES string of the molecule is CCOC(=O)[C@@H]1C[C@H](C(=O)OC)[C@H](c2ccccc2)N1. The number of ether oxygens (including phenoxy) is 2. The molecule has 1 aliphatic rings. The highest BCUT2D eigenvalue weighted by Crippen LogP contribution is 2.33. The van der Waals surface area contributed by atoms with Crippen LogP contribution in [0.15, 0.2) is 30.3 Å². The highest BCUT2D eigenvalue weighted by Gasteiger charge is 2.43. The highest BCUT2D eigenvalue weighted by atomic mass is 16.5. The molecule has 0 spiro atoms. The molecule has 1 aromatic carbocycles. The molecule has 0 amide bonds. The molecule has 1 fully saturated rings. The Hall–Kier alpha value is -1.88. The summed E-state index contributed by atoms with van der Waals surface area (Å²) >= 11 is 0. The first-order chi connectivity index (χ1) is 9.67. The minimum atomic E-state index is -0.468. The number of nitrogens with one attached hydrogen (secondary N) is 1. The number of carbonyl (C=O) groups is 2. The van der Waals surface area contributed by atoms with Crippen LogP contribution in [0.25, 0.3) is 0 Å². The second-order valence-corrected chi connectivity index (χ2v) is 4.73. The van der Waals surface area contributed by atoms with Gasteiger partial charge in [0.2, 0.25) is 0 Å². The summed E-state index contributed by atoms with van der Waals surface area (Å²) in [5.74, 6) is -1.00. The normalized spacial score (nSPS) is 25.2. The summed E-state index contributed by atoms with van der Waals surface area (Å²) in [6, 6.07) is 8.89. The predicted molar refractivity (Wildman–Crippen MR) is 72.9 cm³/mol. The zero-order valence-corrected chi connectivity index (χ0v) is 11.7. The standard InChI is InChI=1S/C15H19NO4/c1-3-20-15(18)12-9-11(14(17)19-2)13(16-12)10-7-5-4-6-8-10/h4-8,11-13,16H,3,9H2,1-2H3/t11-,12-,13-/m0/s1. The van der Waals surface area contributed by atoms with Crippen molar-refractivity contribution < 1.29 is 19.1 Å². The topological polar surface area (TPSA) is 64.6 Å². The average molecular weight is 277 g/mol. The fourth-order valence-electron chi connectivity index (χ4n) is 2.57. The molecule has 3 atom stereocenters. The van der Waals surface area contributed by atoms with Crippen molar-refractivity contribution in [2.45, 2.75) is 25.4 Å². The molecule has 0 unspecified atom stereocenters. The molecule has 5 nitrogen and oxygen atoms in total. The van der Waals surface area contributed by atoms with Gasteiger partial charge in [-0.2, -0.15) is 0 Å². The molecule has 0 radical (unpaired) electrons. The molecular weight excluding hydrogens is 258 g/mol. The van der Waals surface area contributed by atoms with Crippen molar-refractivity contribution >= 4 is 11.9 Å². The summed E-state index contributed by atoms with van der Waals surface area (Å²) in [7, 11) is 1.36. The predicted octanol–water partition coefficient (Wildman–Crippen LogP) is 1.44. The van der Waals surface area contributed by atoms with E-state index in [1.807, 2.05) is 30.3 Å². The van der Waals surface area contributed by atoms with Crippen molar-refractivity contribution in [1.29, 1.82) is 0 Å². The summed E-state index contributed by atoms with van der Waals surface area (Å²) in [6.07, 6.45) is 0.394. The van der Waals surface area contributed by atoms with Crippen molar-refractivity contribution in [1.82, 2.24) is 5.32 Å². The van der Waals surface area contributed by atoms with Gasteiger partial charge in [0.05, 0.1) is 19.6 Å². The van der Waals surface area contributed by atoms with Crippen molar-refractivity contribution in [3.8, 4) is 0 Å². The number of rotatable bonds is 4. The van der Waals surface area contributed by atoms with Gasteiger partial charge in [0.1, 0.15) is 6.04 Å². The second kappa shape index (κ2) is 6.52. The molecule has 20 heavy (non-hydrogen) atoms. The molecular formula is C15H19NO4. The van der Waals surface area contributed by atoms with Gasteiger partial charge in [0.15, 0.2) is 0 Å². The Morgan fingerprint density at radius 3 is 2.55 bits per heavy atom. The van der Waals surface area contributed by atoms with Crippen molar-refractivity contribution in [2.24, 2.45) is 5.92 Å². The first kappa shape index (κ1) is 14.5. The van der Waals surface area contributed by atoms with Gasteiger partial charge in [-0.05, 0) is 18.9 Å². The van der Waals surface area contributed by atoms with Crippen LogP contribution >= 0.6 is 0 Å². The Bertz CT molecular complexity index is 474. The maximum Gasteiger partial charge on any atom is 0.323 e. The van der Waals surface area contributed by atoms with E-state index in [1.165, 1.54) is 7.11 Å². The fraction of sp³-hybridized carbons (Fsp3) is 0.467. The lowest BCUT2D eigenvalue weighted by Gasteiger charge is -2.17. The molecule has 0 aliphatic carbocycles. The van der Waals surface area contributed by atoms with Crippen LogP contribution in [-0.2, 0) is 19.1 Å². The van der Waals surface area contributed by atoms with Crippen molar-refractivity contribution in [3.63, 3.8) is 0 Å². The van der Waals surface area contributed by atoms with E-state index in [0.29, 0.717) is 13.0 Å².